The fraction of sp³-hybridized carbons (Fsp3) is 0.100. The van der Waals surface area contributed by atoms with Crippen LogP contribution in [-0.4, -0.2) is 17.1 Å². The van der Waals surface area contributed by atoms with Crippen LogP contribution in [0.25, 0.3) is 11.3 Å². The third-order valence-corrected chi connectivity index (χ3v) is 2.45. The monoisotopic (exact) mass is 259 g/mol. The van der Waals surface area contributed by atoms with Gasteiger partial charge in [0.1, 0.15) is 16.7 Å². The highest BCUT2D eigenvalue weighted by atomic mass is 35.5. The second-order valence-corrected chi connectivity index (χ2v) is 3.63. The number of H-pyrrole nitrogens is 1. The number of nitrogens with two attached hydrogens (primary N) is 1. The second-order valence-electron chi connectivity index (χ2n) is 3.25. The van der Waals surface area contributed by atoms with Gasteiger partial charge < -0.3 is 15.5 Å². The molecule has 90 valence electrons. The molecule has 0 saturated carbocycles. The number of hydrogen-bond donors (Lipinski definition) is 2. The lowest BCUT2D eigenvalue weighted by Gasteiger charge is -2.05. The SMILES string of the molecule is COc1cc(F)c(-c2nc(N)[nH]c2Cl)cc1F. The first-order chi connectivity index (χ1) is 8.02. The summed E-state index contributed by atoms with van der Waals surface area (Å²) in [7, 11) is 1.25. The van der Waals surface area contributed by atoms with Crippen LogP contribution in [0.4, 0.5) is 14.7 Å². The van der Waals surface area contributed by atoms with Gasteiger partial charge in [-0.1, -0.05) is 11.6 Å². The lowest BCUT2D eigenvalue weighted by molar-refractivity contribution is 0.383. The molecule has 17 heavy (non-hydrogen) atoms. The van der Waals surface area contributed by atoms with E-state index in [1.807, 2.05) is 0 Å². The Kier molecular flexibility index (Phi) is 2.89. The molecular formula is C10H8ClF2N3O. The number of rotatable bonds is 2. The van der Waals surface area contributed by atoms with Gasteiger partial charge in [0.15, 0.2) is 17.5 Å². The lowest BCUT2D eigenvalue weighted by atomic mass is 10.1. The van der Waals surface area contributed by atoms with E-state index in [2.05, 4.69) is 14.7 Å². The summed E-state index contributed by atoms with van der Waals surface area (Å²) in [5.74, 6) is -1.57. The Balaban J connectivity index is 2.60. The van der Waals surface area contributed by atoms with Gasteiger partial charge in [-0.2, -0.15) is 0 Å². The number of aromatic nitrogens is 2. The van der Waals surface area contributed by atoms with Crippen molar-refractivity contribution < 1.29 is 13.5 Å². The van der Waals surface area contributed by atoms with Gasteiger partial charge >= 0.3 is 0 Å². The minimum Gasteiger partial charge on any atom is -0.494 e. The van der Waals surface area contributed by atoms with Gasteiger partial charge in [0.05, 0.1) is 7.11 Å². The van der Waals surface area contributed by atoms with E-state index in [9.17, 15) is 8.78 Å². The highest BCUT2D eigenvalue weighted by Crippen LogP contribution is 2.32. The van der Waals surface area contributed by atoms with Crippen LogP contribution in [0.2, 0.25) is 5.15 Å². The summed E-state index contributed by atoms with van der Waals surface area (Å²) in [4.78, 5) is 6.27. The van der Waals surface area contributed by atoms with Gasteiger partial charge in [-0.3, -0.25) is 0 Å². The summed E-state index contributed by atoms with van der Waals surface area (Å²) in [6, 6.07) is 1.88. The maximum absolute atomic E-state index is 13.7. The van der Waals surface area contributed by atoms with Crippen molar-refractivity contribution in [3.8, 4) is 17.0 Å². The molecule has 1 heterocycles. The Bertz CT molecular complexity index is 571. The Labute approximate surface area is 100 Å². The van der Waals surface area contributed by atoms with E-state index in [1.165, 1.54) is 7.11 Å². The predicted molar refractivity (Wildman–Crippen MR) is 59.9 cm³/mol. The number of hydrogen-bond acceptors (Lipinski definition) is 3. The number of halogens is 3. The summed E-state index contributed by atoms with van der Waals surface area (Å²) in [6.07, 6.45) is 0. The highest BCUT2D eigenvalue weighted by molar-refractivity contribution is 6.32. The molecule has 0 unspecified atom stereocenters. The molecule has 0 fully saturated rings. The van der Waals surface area contributed by atoms with Crippen LogP contribution in [0, 0.1) is 11.6 Å². The minimum absolute atomic E-state index is 0.0284. The van der Waals surface area contributed by atoms with Gasteiger partial charge in [0, 0.05) is 11.6 Å². The number of methoxy groups -OCH3 is 1. The van der Waals surface area contributed by atoms with Gasteiger partial charge in [0.25, 0.3) is 0 Å². The molecule has 3 N–H and O–H groups in total. The van der Waals surface area contributed by atoms with Gasteiger partial charge in [-0.25, -0.2) is 13.8 Å². The molecule has 1 aromatic carbocycles. The molecule has 0 saturated heterocycles. The van der Waals surface area contributed by atoms with E-state index in [0.29, 0.717) is 0 Å². The van der Waals surface area contributed by atoms with E-state index < -0.39 is 11.6 Å². The Morgan fingerprint density at radius 3 is 2.59 bits per heavy atom. The first kappa shape index (κ1) is 11.7. The molecule has 0 atom stereocenters. The van der Waals surface area contributed by atoms with Gasteiger partial charge in [-0.05, 0) is 6.07 Å². The zero-order valence-electron chi connectivity index (χ0n) is 8.72. The molecule has 0 radical (unpaired) electrons. The molecule has 0 spiro atoms. The predicted octanol–water partition coefficient (Wildman–Crippen LogP) is 2.60. The third kappa shape index (κ3) is 2.03. The van der Waals surface area contributed by atoms with E-state index in [0.717, 1.165) is 12.1 Å². The first-order valence-corrected chi connectivity index (χ1v) is 4.95. The fourth-order valence-electron chi connectivity index (χ4n) is 1.41. The number of imidazole rings is 1. The van der Waals surface area contributed by atoms with Crippen LogP contribution in [0.3, 0.4) is 0 Å². The van der Waals surface area contributed by atoms with Crippen LogP contribution < -0.4 is 10.5 Å². The van der Waals surface area contributed by atoms with Crippen LogP contribution in [0.15, 0.2) is 12.1 Å². The molecule has 0 bridgehead atoms. The van der Waals surface area contributed by atoms with Crippen LogP contribution >= 0.6 is 11.6 Å². The number of nitrogens with zero attached hydrogens (tertiary/aromatic N) is 1. The van der Waals surface area contributed by atoms with Crippen LogP contribution in [0.1, 0.15) is 0 Å². The van der Waals surface area contributed by atoms with Crippen molar-refractivity contribution in [2.75, 3.05) is 12.8 Å². The fourth-order valence-corrected chi connectivity index (χ4v) is 1.65. The van der Waals surface area contributed by atoms with Crippen LogP contribution in [-0.2, 0) is 0 Å². The maximum atomic E-state index is 13.7. The number of ether oxygens (including phenoxy) is 1. The van der Waals surface area contributed by atoms with E-state index in [-0.39, 0.29) is 28.1 Å². The quantitative estimate of drug-likeness (QED) is 0.871. The highest BCUT2D eigenvalue weighted by Gasteiger charge is 2.17. The smallest absolute Gasteiger partial charge is 0.199 e. The van der Waals surface area contributed by atoms with Gasteiger partial charge in [-0.15, -0.1) is 0 Å². The van der Waals surface area contributed by atoms with Crippen molar-refractivity contribution in [1.29, 1.82) is 0 Å². The number of nitrogens with one attached hydrogen (secondary N) is 1. The molecular weight excluding hydrogens is 252 g/mol. The van der Waals surface area contributed by atoms with Crippen molar-refractivity contribution in [3.05, 3.63) is 28.9 Å². The Morgan fingerprint density at radius 1 is 1.35 bits per heavy atom. The van der Waals surface area contributed by atoms with Crippen molar-refractivity contribution in [1.82, 2.24) is 9.97 Å². The molecule has 0 amide bonds. The van der Waals surface area contributed by atoms with Crippen molar-refractivity contribution >= 4 is 17.5 Å². The third-order valence-electron chi connectivity index (χ3n) is 2.17. The van der Waals surface area contributed by atoms with Gasteiger partial charge in [0.2, 0.25) is 0 Å². The second kappa shape index (κ2) is 4.21. The zero-order valence-corrected chi connectivity index (χ0v) is 9.48. The molecule has 1 aromatic heterocycles. The summed E-state index contributed by atoms with van der Waals surface area (Å²) in [6.45, 7) is 0. The molecule has 2 rings (SSSR count). The molecule has 0 aliphatic carbocycles. The molecule has 0 aliphatic rings. The average molecular weight is 260 g/mol. The molecule has 0 aliphatic heterocycles. The molecule has 7 heteroatoms. The Morgan fingerprint density at radius 2 is 2.06 bits per heavy atom. The molecule has 2 aromatic rings. The number of benzene rings is 1. The van der Waals surface area contributed by atoms with E-state index in [1.54, 1.807) is 0 Å². The number of anilines is 1. The normalized spacial score (nSPS) is 10.6. The number of nitrogen functional groups attached to an aromatic ring is 1. The number of aromatic amines is 1. The van der Waals surface area contributed by atoms with E-state index in [4.69, 9.17) is 17.3 Å². The summed E-state index contributed by atoms with van der Waals surface area (Å²) in [5, 5.41) is 0.0472. The summed E-state index contributed by atoms with van der Waals surface area (Å²) in [5.41, 5.74) is 5.35. The average Bonchev–Trinajstić information content (AvgIpc) is 2.60. The Hall–Kier alpha value is -1.82. The standard InChI is InChI=1S/C10H8ClF2N3O/c1-17-7-3-5(12)4(2-6(7)13)8-9(11)16-10(14)15-8/h2-3H,1H3,(H3,14,15,16). The zero-order chi connectivity index (χ0) is 12.6. The first-order valence-electron chi connectivity index (χ1n) is 4.57. The van der Waals surface area contributed by atoms with E-state index >= 15 is 0 Å². The largest absolute Gasteiger partial charge is 0.494 e. The van der Waals surface area contributed by atoms with Crippen molar-refractivity contribution in [2.24, 2.45) is 0 Å². The van der Waals surface area contributed by atoms with Crippen molar-refractivity contribution in [3.63, 3.8) is 0 Å². The van der Waals surface area contributed by atoms with Crippen molar-refractivity contribution in [2.45, 2.75) is 0 Å². The molecule has 4 nitrogen and oxygen atoms in total. The minimum atomic E-state index is -0.707. The lowest BCUT2D eigenvalue weighted by Crippen LogP contribution is -1.93. The summed E-state index contributed by atoms with van der Waals surface area (Å²) >= 11 is 5.76. The maximum Gasteiger partial charge on any atom is 0.199 e. The topological polar surface area (TPSA) is 63.9 Å². The van der Waals surface area contributed by atoms with Crippen LogP contribution in [0.5, 0.6) is 5.75 Å². The summed E-state index contributed by atoms with van der Waals surface area (Å²) < 4.78 is 31.8.